The Labute approximate surface area is 439 Å². The van der Waals surface area contributed by atoms with Crippen LogP contribution in [0.3, 0.4) is 0 Å². The molecule has 0 bridgehead atoms. The Morgan fingerprint density at radius 1 is 0.391 bits per heavy atom. The fourth-order valence-electron chi connectivity index (χ4n) is 10.2. The van der Waals surface area contributed by atoms with Gasteiger partial charge < -0.3 is 5.53 Å². The van der Waals surface area contributed by atoms with E-state index in [9.17, 15) is 5.53 Å². The molecule has 3 heteroatoms. The first kappa shape index (κ1) is 62.9. The van der Waals surface area contributed by atoms with Gasteiger partial charge in [-0.15, -0.1) is 11.8 Å². The quantitative estimate of drug-likeness (QED) is 0.0274. The van der Waals surface area contributed by atoms with Crippen LogP contribution in [-0.4, -0.2) is 4.70 Å². The Balaban J connectivity index is 0.00000309. The Morgan fingerprint density at radius 3 is 1.28 bits per heavy atom. The molecule has 1 aliphatic heterocycles. The third-order valence-electron chi connectivity index (χ3n) is 14.3. The molecule has 0 saturated carbocycles. The number of aryl methyl sites for hydroxylation is 2. The minimum atomic E-state index is 0.942. The van der Waals surface area contributed by atoms with Gasteiger partial charge in [0.25, 0.3) is 0 Å². The van der Waals surface area contributed by atoms with Crippen LogP contribution in [0, 0.1) is 11.8 Å². The van der Waals surface area contributed by atoms with Crippen molar-refractivity contribution < 1.29 is 22.7 Å². The molecule has 2 aromatic rings. The third kappa shape index (κ3) is 29.8. The standard InChI is InChI=1S/C62H100N2.2C2H5.Pd/c1-5-9-13-17-19-20-21-22-23-24-25-26-27-28-29-30-31-32-33-34-35-36-37-40-48-56-49-43-44-51-58(56)62-60(53-41-16-12-8-4)59(52-42-38-18-14-10-6-2)61(64(62)63)57-50-45-47-55(54-57)46-39-15-11-7-3;2*1-2;/h43-45,47,49-51,54H,5-34,37-42,46,48,52-53H2,1-4H3;2*1H2,2H3;. The van der Waals surface area contributed by atoms with Crippen LogP contribution in [0.1, 0.15) is 308 Å². The molecule has 0 aliphatic carbocycles. The zero-order valence-corrected chi connectivity index (χ0v) is 48.1. The second-order valence-corrected chi connectivity index (χ2v) is 23.4. The zero-order chi connectivity index (χ0) is 49.7. The Bertz CT molecular complexity index is 1670. The van der Waals surface area contributed by atoms with Gasteiger partial charge in [0, 0.05) is 35.1 Å². The molecular weight excluding hydrogens is 927 g/mol. The predicted molar refractivity (Wildman–Crippen MR) is 305 cm³/mol. The Kier molecular flexibility index (Phi) is 41.5. The fourth-order valence-corrected chi connectivity index (χ4v) is 10.9. The summed E-state index contributed by atoms with van der Waals surface area (Å²) in [5.74, 6) is 7.05. The van der Waals surface area contributed by atoms with Crippen LogP contribution < -0.4 is 0 Å². The number of benzene rings is 2. The number of rotatable bonds is 43. The van der Waals surface area contributed by atoms with Crippen molar-refractivity contribution in [2.75, 3.05) is 0 Å². The summed E-state index contributed by atoms with van der Waals surface area (Å²) in [6, 6.07) is 18.1. The molecule has 3 rings (SSSR count). The van der Waals surface area contributed by atoms with Gasteiger partial charge in [-0.3, -0.25) is 0 Å². The number of hydrogen-bond acceptors (Lipinski definition) is 0. The van der Waals surface area contributed by atoms with Gasteiger partial charge in [-0.1, -0.05) is 244 Å². The Morgan fingerprint density at radius 2 is 0.797 bits per heavy atom. The molecule has 0 radical (unpaired) electrons. The molecule has 1 aliphatic rings. The van der Waals surface area contributed by atoms with E-state index in [1.54, 1.807) is 4.70 Å². The van der Waals surface area contributed by atoms with E-state index in [0.717, 1.165) is 74.3 Å². The van der Waals surface area contributed by atoms with Crippen LogP contribution >= 0.6 is 0 Å². The molecule has 0 N–H and O–H groups in total. The van der Waals surface area contributed by atoms with E-state index in [0.29, 0.717) is 0 Å². The van der Waals surface area contributed by atoms with Crippen molar-refractivity contribution in [1.82, 2.24) is 0 Å². The molecule has 0 saturated heterocycles. The molecule has 2 nitrogen and oxygen atoms in total. The first-order valence-corrected chi connectivity index (χ1v) is 32.3. The van der Waals surface area contributed by atoms with Gasteiger partial charge in [-0.05, 0) is 87.1 Å². The number of allylic oxidation sites excluding steroid dienone is 2. The number of unbranched alkanes of at least 4 members (excludes halogenated alkanes) is 31. The van der Waals surface area contributed by atoms with Crippen LogP contribution in [-0.2, 0) is 30.8 Å². The van der Waals surface area contributed by atoms with E-state index in [1.807, 2.05) is 0 Å². The fraction of sp³-hybridized carbons (Fsp3) is 0.727. The first-order valence-electron chi connectivity index (χ1n) is 30.1. The van der Waals surface area contributed by atoms with Crippen molar-refractivity contribution in [2.24, 2.45) is 0 Å². The minimum absolute atomic E-state index is 0.942. The van der Waals surface area contributed by atoms with Crippen LogP contribution in [0.2, 0.25) is 9.79 Å². The van der Waals surface area contributed by atoms with E-state index in [-0.39, 0.29) is 0 Å². The molecule has 0 spiro atoms. The maximum atomic E-state index is 12.5. The third-order valence-corrected chi connectivity index (χ3v) is 15.9. The van der Waals surface area contributed by atoms with E-state index in [2.05, 4.69) is 102 Å². The van der Waals surface area contributed by atoms with Crippen LogP contribution in [0.15, 0.2) is 59.7 Å². The monoisotopic (exact) mass is 1040 g/mol. The van der Waals surface area contributed by atoms with Crippen LogP contribution in [0.25, 0.3) is 16.9 Å². The number of hydrogen-bond donors (Lipinski definition) is 0. The summed E-state index contributed by atoms with van der Waals surface area (Å²) in [6.07, 6.45) is 51.9. The molecule has 0 aromatic heterocycles. The van der Waals surface area contributed by atoms with Crippen LogP contribution in [0.5, 0.6) is 0 Å². The SMILES string of the molecule is CCCCCCCCCCCCCCCCCCCCCC#CCCCc1ccccc1C1=C(CCCCCC)C(CCCCCCCC)=C(c2cccc(CCCCCC)c2)[N+]1=[N-].C[CH2][Pd][CH2]C. The van der Waals surface area contributed by atoms with Crippen molar-refractivity contribution in [3.05, 3.63) is 87.5 Å². The van der Waals surface area contributed by atoms with Gasteiger partial charge in [-0.2, -0.15) is 0 Å². The average Bonchev–Trinajstić information content (AvgIpc) is 3.64. The topological polar surface area (TPSA) is 25.3 Å². The number of nitrogens with zero attached hydrogens (tertiary/aromatic N) is 2. The van der Waals surface area contributed by atoms with E-state index in [1.165, 1.54) is 255 Å². The summed E-state index contributed by atoms with van der Waals surface area (Å²) in [6.45, 7) is 13.7. The summed E-state index contributed by atoms with van der Waals surface area (Å²) in [5.41, 5.74) is 22.5. The second kappa shape index (κ2) is 45.6. The molecule has 0 unspecified atom stereocenters. The first-order chi connectivity index (χ1) is 34.1. The van der Waals surface area contributed by atoms with Gasteiger partial charge in [0.1, 0.15) is 0 Å². The molecule has 0 fully saturated rings. The molecule has 0 atom stereocenters. The molecule has 69 heavy (non-hydrogen) atoms. The molecule has 0 amide bonds. The summed E-state index contributed by atoms with van der Waals surface area (Å²) >= 11 is 1.04. The maximum absolute atomic E-state index is 12.5. The normalized spacial score (nSPS) is 12.5. The van der Waals surface area contributed by atoms with Crippen LogP contribution in [0.4, 0.5) is 0 Å². The van der Waals surface area contributed by atoms with Gasteiger partial charge in [0.05, 0.1) is 0 Å². The van der Waals surface area contributed by atoms with Gasteiger partial charge in [-0.25, -0.2) is 4.70 Å². The molecule has 2 aromatic carbocycles. The average molecular weight is 1040 g/mol. The molecule has 394 valence electrons. The Hall–Kier alpha value is -2.26. The summed E-state index contributed by atoms with van der Waals surface area (Å²) in [7, 11) is 0. The van der Waals surface area contributed by atoms with Gasteiger partial charge >= 0.3 is 41.6 Å². The van der Waals surface area contributed by atoms with Crippen molar-refractivity contribution in [3.63, 3.8) is 0 Å². The van der Waals surface area contributed by atoms with E-state index >= 15 is 0 Å². The van der Waals surface area contributed by atoms with Crippen molar-refractivity contribution in [3.8, 4) is 11.8 Å². The summed E-state index contributed by atoms with van der Waals surface area (Å²) in [4.78, 5) is 2.79. The van der Waals surface area contributed by atoms with E-state index in [4.69, 9.17) is 0 Å². The molecule has 1 heterocycles. The van der Waals surface area contributed by atoms with Gasteiger partial charge in [0.2, 0.25) is 11.4 Å². The second-order valence-electron chi connectivity index (χ2n) is 20.4. The van der Waals surface area contributed by atoms with Crippen molar-refractivity contribution in [1.29, 1.82) is 0 Å². The van der Waals surface area contributed by atoms with E-state index < -0.39 is 0 Å². The predicted octanol–water partition coefficient (Wildman–Crippen LogP) is 22.8. The van der Waals surface area contributed by atoms with Crippen molar-refractivity contribution >= 4 is 11.4 Å². The molecular formula is C66H110N2Pd. The van der Waals surface area contributed by atoms with Gasteiger partial charge in [0.15, 0.2) is 0 Å². The summed E-state index contributed by atoms with van der Waals surface area (Å²) < 4.78 is 1.64. The summed E-state index contributed by atoms with van der Waals surface area (Å²) in [5, 5.41) is 0. The van der Waals surface area contributed by atoms with Crippen molar-refractivity contribution in [2.45, 2.75) is 308 Å². The zero-order valence-electron chi connectivity index (χ0n) is 46.5.